The summed E-state index contributed by atoms with van der Waals surface area (Å²) in [5.41, 5.74) is 2.84. The fraction of sp³-hybridized carbons (Fsp3) is 0.273. The third-order valence-corrected chi connectivity index (χ3v) is 4.68. The molecule has 1 aromatic heterocycles. The highest BCUT2D eigenvalue weighted by molar-refractivity contribution is 5.94. The Balaban J connectivity index is 1.62. The number of carbonyl (C=O) groups excluding carboxylic acids is 1. The van der Waals surface area contributed by atoms with Crippen LogP contribution in [0.15, 0.2) is 67.0 Å². The first-order valence-electron chi connectivity index (χ1n) is 9.22. The van der Waals surface area contributed by atoms with Gasteiger partial charge in [-0.15, -0.1) is 0 Å². The first-order valence-corrected chi connectivity index (χ1v) is 9.22. The Morgan fingerprint density at radius 2 is 1.96 bits per heavy atom. The van der Waals surface area contributed by atoms with Crippen LogP contribution < -0.4 is 10.1 Å². The van der Waals surface area contributed by atoms with Crippen molar-refractivity contribution < 1.29 is 9.53 Å². The van der Waals surface area contributed by atoms with Gasteiger partial charge in [-0.05, 0) is 55.6 Å². The average molecular weight is 378 g/mol. The number of benzene rings is 2. The number of nitrogens with one attached hydrogen (secondary N) is 1. The number of aromatic nitrogens is 2. The smallest absolute Gasteiger partial charge is 0.251 e. The first-order chi connectivity index (χ1) is 13.6. The summed E-state index contributed by atoms with van der Waals surface area (Å²) in [6.45, 7) is 1.20. The number of amides is 1. The van der Waals surface area contributed by atoms with Gasteiger partial charge in [0.2, 0.25) is 0 Å². The lowest BCUT2D eigenvalue weighted by Gasteiger charge is -2.25. The molecule has 1 atom stereocenters. The number of nitrogens with zero attached hydrogens (tertiary/aromatic N) is 3. The highest BCUT2D eigenvalue weighted by Gasteiger charge is 2.16. The number of ether oxygens (including phenoxy) is 1. The Morgan fingerprint density at radius 3 is 2.61 bits per heavy atom. The summed E-state index contributed by atoms with van der Waals surface area (Å²) in [5.74, 6) is 0.726. The van der Waals surface area contributed by atoms with Crippen molar-refractivity contribution in [1.82, 2.24) is 20.0 Å². The van der Waals surface area contributed by atoms with E-state index in [-0.39, 0.29) is 11.9 Å². The molecule has 0 saturated carbocycles. The predicted molar refractivity (Wildman–Crippen MR) is 110 cm³/mol. The van der Waals surface area contributed by atoms with E-state index in [2.05, 4.69) is 15.3 Å². The molecule has 0 fully saturated rings. The Bertz CT molecular complexity index is 889. The molecule has 3 rings (SSSR count). The number of likely N-dealkylation sites (N-methyl/N-ethyl adjacent to an activating group) is 1. The number of rotatable bonds is 8. The molecule has 3 aromatic rings. The zero-order valence-corrected chi connectivity index (χ0v) is 16.5. The zero-order chi connectivity index (χ0) is 19.9. The van der Waals surface area contributed by atoms with E-state index in [1.165, 1.54) is 0 Å². The summed E-state index contributed by atoms with van der Waals surface area (Å²) in [6, 6.07) is 17.5. The Kier molecular flexibility index (Phi) is 6.45. The molecule has 2 aromatic carbocycles. The second-order valence-electron chi connectivity index (χ2n) is 6.87. The van der Waals surface area contributed by atoms with Crippen LogP contribution >= 0.6 is 0 Å². The van der Waals surface area contributed by atoms with E-state index in [0.717, 1.165) is 16.9 Å². The van der Waals surface area contributed by atoms with Crippen molar-refractivity contribution in [1.29, 1.82) is 0 Å². The minimum absolute atomic E-state index is 0.0538. The van der Waals surface area contributed by atoms with Crippen molar-refractivity contribution in [2.24, 2.45) is 0 Å². The third-order valence-electron chi connectivity index (χ3n) is 4.68. The van der Waals surface area contributed by atoms with Gasteiger partial charge in [-0.3, -0.25) is 9.48 Å². The minimum atomic E-state index is -0.0830. The maximum Gasteiger partial charge on any atom is 0.251 e. The number of hydrogen-bond donors (Lipinski definition) is 1. The molecule has 28 heavy (non-hydrogen) atoms. The van der Waals surface area contributed by atoms with Crippen molar-refractivity contribution in [2.75, 3.05) is 27.7 Å². The van der Waals surface area contributed by atoms with Crippen LogP contribution in [0.3, 0.4) is 0 Å². The van der Waals surface area contributed by atoms with Crippen LogP contribution in [0.25, 0.3) is 0 Å². The third kappa shape index (κ3) is 4.98. The Labute approximate surface area is 165 Å². The van der Waals surface area contributed by atoms with Gasteiger partial charge in [0.25, 0.3) is 5.91 Å². The van der Waals surface area contributed by atoms with E-state index in [0.29, 0.717) is 18.7 Å². The van der Waals surface area contributed by atoms with Crippen molar-refractivity contribution in [3.63, 3.8) is 0 Å². The molecule has 6 nitrogen and oxygen atoms in total. The fourth-order valence-electron chi connectivity index (χ4n) is 3.08. The van der Waals surface area contributed by atoms with Crippen LogP contribution in [0, 0.1) is 0 Å². The molecule has 0 aliphatic rings. The van der Waals surface area contributed by atoms with E-state index in [4.69, 9.17) is 4.74 Å². The predicted octanol–water partition coefficient (Wildman–Crippen LogP) is 2.97. The lowest BCUT2D eigenvalue weighted by atomic mass is 10.1. The van der Waals surface area contributed by atoms with Gasteiger partial charge in [0.1, 0.15) is 5.75 Å². The number of carbonyl (C=O) groups is 1. The van der Waals surface area contributed by atoms with Gasteiger partial charge < -0.3 is 15.0 Å². The highest BCUT2D eigenvalue weighted by atomic mass is 16.5. The normalized spacial score (nSPS) is 12.0. The molecule has 0 spiro atoms. The first kappa shape index (κ1) is 19.6. The average Bonchev–Trinajstić information content (AvgIpc) is 3.21. The second kappa shape index (κ2) is 9.19. The Hall–Kier alpha value is -3.12. The summed E-state index contributed by atoms with van der Waals surface area (Å²) in [7, 11) is 5.66. The summed E-state index contributed by atoms with van der Waals surface area (Å²) in [5, 5.41) is 7.24. The molecule has 1 amide bonds. The SMILES string of the molecule is COc1cccc(C(CNC(=O)c2ccc(Cn3cccn3)cc2)N(C)C)c1. The molecule has 0 radical (unpaired) electrons. The van der Waals surface area contributed by atoms with Crippen molar-refractivity contribution in [3.05, 3.63) is 83.7 Å². The van der Waals surface area contributed by atoms with E-state index in [1.807, 2.05) is 79.6 Å². The molecule has 1 heterocycles. The molecule has 0 saturated heterocycles. The van der Waals surface area contributed by atoms with Gasteiger partial charge in [0, 0.05) is 24.5 Å². The van der Waals surface area contributed by atoms with Gasteiger partial charge in [-0.1, -0.05) is 24.3 Å². The van der Waals surface area contributed by atoms with Gasteiger partial charge in [0.15, 0.2) is 0 Å². The lowest BCUT2D eigenvalue weighted by Crippen LogP contribution is -2.34. The van der Waals surface area contributed by atoms with E-state index in [1.54, 1.807) is 13.3 Å². The summed E-state index contributed by atoms with van der Waals surface area (Å²) in [4.78, 5) is 14.7. The van der Waals surface area contributed by atoms with Crippen molar-refractivity contribution in [2.45, 2.75) is 12.6 Å². The van der Waals surface area contributed by atoms with Crippen LogP contribution in [0.4, 0.5) is 0 Å². The van der Waals surface area contributed by atoms with E-state index >= 15 is 0 Å². The quantitative estimate of drug-likeness (QED) is 0.655. The number of methoxy groups -OCH3 is 1. The molecule has 0 aliphatic carbocycles. The van der Waals surface area contributed by atoms with E-state index < -0.39 is 0 Å². The largest absolute Gasteiger partial charge is 0.497 e. The molecule has 1 unspecified atom stereocenters. The van der Waals surface area contributed by atoms with Crippen LogP contribution in [0.1, 0.15) is 27.5 Å². The van der Waals surface area contributed by atoms with Gasteiger partial charge in [-0.25, -0.2) is 0 Å². The summed E-state index contributed by atoms with van der Waals surface area (Å²) >= 11 is 0. The van der Waals surface area contributed by atoms with Crippen LogP contribution in [-0.2, 0) is 6.54 Å². The number of hydrogen-bond acceptors (Lipinski definition) is 4. The Morgan fingerprint density at radius 1 is 1.18 bits per heavy atom. The van der Waals surface area contributed by atoms with Crippen LogP contribution in [0.2, 0.25) is 0 Å². The molecule has 0 aliphatic heterocycles. The van der Waals surface area contributed by atoms with E-state index in [9.17, 15) is 4.79 Å². The molecule has 1 N–H and O–H groups in total. The maximum absolute atomic E-state index is 12.6. The van der Waals surface area contributed by atoms with Crippen molar-refractivity contribution in [3.8, 4) is 5.75 Å². The van der Waals surface area contributed by atoms with Crippen LogP contribution in [0.5, 0.6) is 5.75 Å². The zero-order valence-electron chi connectivity index (χ0n) is 16.5. The summed E-state index contributed by atoms with van der Waals surface area (Å²) < 4.78 is 7.17. The minimum Gasteiger partial charge on any atom is -0.497 e. The van der Waals surface area contributed by atoms with Gasteiger partial charge >= 0.3 is 0 Å². The topological polar surface area (TPSA) is 59.4 Å². The monoisotopic (exact) mass is 378 g/mol. The van der Waals surface area contributed by atoms with Gasteiger partial charge in [0.05, 0.1) is 19.7 Å². The summed E-state index contributed by atoms with van der Waals surface area (Å²) in [6.07, 6.45) is 3.67. The van der Waals surface area contributed by atoms with Gasteiger partial charge in [-0.2, -0.15) is 5.10 Å². The molecular formula is C22H26N4O2. The van der Waals surface area contributed by atoms with Crippen molar-refractivity contribution >= 4 is 5.91 Å². The molecule has 0 bridgehead atoms. The highest BCUT2D eigenvalue weighted by Crippen LogP contribution is 2.22. The molecule has 6 heteroatoms. The lowest BCUT2D eigenvalue weighted by molar-refractivity contribution is 0.0942. The second-order valence-corrected chi connectivity index (χ2v) is 6.87. The van der Waals surface area contributed by atoms with Crippen LogP contribution in [-0.4, -0.2) is 48.3 Å². The molecule has 146 valence electrons. The standard InChI is InChI=1S/C22H26N4O2/c1-25(2)21(19-6-4-7-20(14-19)28-3)15-23-22(27)18-10-8-17(9-11-18)16-26-13-5-12-24-26/h4-14,21H,15-16H2,1-3H3,(H,23,27). The fourth-order valence-corrected chi connectivity index (χ4v) is 3.08. The maximum atomic E-state index is 12.6. The molecular weight excluding hydrogens is 352 g/mol.